The number of halogens is 1. The minimum Gasteiger partial charge on any atom is -0.497 e. The lowest BCUT2D eigenvalue weighted by atomic mass is 10.2. The van der Waals surface area contributed by atoms with Gasteiger partial charge in [0.1, 0.15) is 5.75 Å². The van der Waals surface area contributed by atoms with E-state index in [0.717, 1.165) is 21.5 Å². The number of hydrogen-bond donors (Lipinski definition) is 1. The van der Waals surface area contributed by atoms with Crippen molar-refractivity contribution in [3.63, 3.8) is 0 Å². The molecule has 2 aromatic rings. The predicted molar refractivity (Wildman–Crippen MR) is 99.0 cm³/mol. The highest BCUT2D eigenvalue weighted by molar-refractivity contribution is 9.10. The molecule has 2 rings (SSSR count). The van der Waals surface area contributed by atoms with E-state index in [0.29, 0.717) is 5.75 Å². The number of amides is 1. The Morgan fingerprint density at radius 3 is 2.78 bits per heavy atom. The van der Waals surface area contributed by atoms with Crippen molar-refractivity contribution in [2.24, 2.45) is 5.10 Å². The normalized spacial score (nSPS) is 10.7. The SMILES string of the molecule is COc1ccc(C=NNC(=O)CSCc2cccc(Br)c2)cc1. The summed E-state index contributed by atoms with van der Waals surface area (Å²) < 4.78 is 6.13. The number of thioether (sulfide) groups is 1. The molecular formula is C17H17BrN2O2S. The van der Waals surface area contributed by atoms with Gasteiger partial charge in [-0.05, 0) is 47.5 Å². The van der Waals surface area contributed by atoms with Crippen molar-refractivity contribution < 1.29 is 9.53 Å². The Morgan fingerprint density at radius 2 is 2.09 bits per heavy atom. The Balaban J connectivity index is 1.71. The molecule has 0 saturated heterocycles. The molecule has 0 bridgehead atoms. The van der Waals surface area contributed by atoms with Gasteiger partial charge in [0.15, 0.2) is 0 Å². The predicted octanol–water partition coefficient (Wildman–Crippen LogP) is 3.84. The van der Waals surface area contributed by atoms with E-state index >= 15 is 0 Å². The Morgan fingerprint density at radius 1 is 1.30 bits per heavy atom. The average Bonchev–Trinajstić information content (AvgIpc) is 2.55. The molecule has 0 heterocycles. The zero-order valence-electron chi connectivity index (χ0n) is 12.7. The van der Waals surface area contributed by atoms with Crippen LogP contribution in [0.3, 0.4) is 0 Å². The minimum absolute atomic E-state index is 0.116. The average molecular weight is 393 g/mol. The van der Waals surface area contributed by atoms with Crippen LogP contribution in [-0.2, 0) is 10.5 Å². The molecule has 0 aromatic heterocycles. The number of nitrogens with zero attached hydrogens (tertiary/aromatic N) is 1. The van der Waals surface area contributed by atoms with Gasteiger partial charge in [-0.3, -0.25) is 4.79 Å². The summed E-state index contributed by atoms with van der Waals surface area (Å²) in [5.74, 6) is 1.83. The van der Waals surface area contributed by atoms with Gasteiger partial charge in [-0.15, -0.1) is 11.8 Å². The van der Waals surface area contributed by atoms with Crippen molar-refractivity contribution >= 4 is 39.8 Å². The van der Waals surface area contributed by atoms with Crippen molar-refractivity contribution in [2.75, 3.05) is 12.9 Å². The maximum Gasteiger partial charge on any atom is 0.250 e. The third-order valence-corrected chi connectivity index (χ3v) is 4.41. The van der Waals surface area contributed by atoms with Gasteiger partial charge in [0, 0.05) is 10.2 Å². The molecule has 1 N–H and O–H groups in total. The van der Waals surface area contributed by atoms with Crippen molar-refractivity contribution in [3.05, 3.63) is 64.1 Å². The van der Waals surface area contributed by atoms with Gasteiger partial charge in [0.05, 0.1) is 19.1 Å². The summed E-state index contributed by atoms with van der Waals surface area (Å²) in [7, 11) is 1.62. The monoisotopic (exact) mass is 392 g/mol. The first-order valence-electron chi connectivity index (χ1n) is 6.95. The Labute approximate surface area is 148 Å². The maximum absolute atomic E-state index is 11.7. The van der Waals surface area contributed by atoms with Crippen LogP contribution < -0.4 is 10.2 Å². The van der Waals surface area contributed by atoms with Crippen molar-refractivity contribution in [3.8, 4) is 5.75 Å². The zero-order chi connectivity index (χ0) is 16.5. The Hall–Kier alpha value is -1.79. The number of hydrazone groups is 1. The molecule has 0 saturated carbocycles. The van der Waals surface area contributed by atoms with E-state index in [-0.39, 0.29) is 5.91 Å². The summed E-state index contributed by atoms with van der Waals surface area (Å²) in [6.45, 7) is 0. The lowest BCUT2D eigenvalue weighted by Gasteiger charge is -2.02. The van der Waals surface area contributed by atoms with Gasteiger partial charge in [-0.1, -0.05) is 28.1 Å². The Kier molecular flexibility index (Phi) is 7.16. The molecule has 6 heteroatoms. The van der Waals surface area contributed by atoms with Crippen molar-refractivity contribution in [1.82, 2.24) is 5.43 Å². The van der Waals surface area contributed by atoms with Crippen LogP contribution >= 0.6 is 27.7 Å². The van der Waals surface area contributed by atoms with E-state index in [1.807, 2.05) is 48.5 Å². The fourth-order valence-electron chi connectivity index (χ4n) is 1.79. The maximum atomic E-state index is 11.7. The second-order valence-corrected chi connectivity index (χ2v) is 6.59. The second-order valence-electron chi connectivity index (χ2n) is 4.69. The lowest BCUT2D eigenvalue weighted by molar-refractivity contribution is -0.118. The van der Waals surface area contributed by atoms with Gasteiger partial charge < -0.3 is 4.74 Å². The first-order valence-corrected chi connectivity index (χ1v) is 8.90. The number of ether oxygens (including phenoxy) is 1. The highest BCUT2D eigenvalue weighted by atomic mass is 79.9. The topological polar surface area (TPSA) is 50.7 Å². The smallest absolute Gasteiger partial charge is 0.250 e. The van der Waals surface area contributed by atoms with Crippen LogP contribution in [0.4, 0.5) is 0 Å². The molecule has 1 amide bonds. The largest absolute Gasteiger partial charge is 0.497 e. The number of hydrogen-bond acceptors (Lipinski definition) is 4. The van der Waals surface area contributed by atoms with Gasteiger partial charge in [-0.2, -0.15) is 5.10 Å². The van der Waals surface area contributed by atoms with Crippen LogP contribution in [0.5, 0.6) is 5.75 Å². The summed E-state index contributed by atoms with van der Waals surface area (Å²) in [5.41, 5.74) is 4.60. The number of methoxy groups -OCH3 is 1. The molecule has 0 atom stereocenters. The fraction of sp³-hybridized carbons (Fsp3) is 0.176. The van der Waals surface area contributed by atoms with Gasteiger partial charge in [-0.25, -0.2) is 5.43 Å². The number of benzene rings is 2. The van der Waals surface area contributed by atoms with Gasteiger partial charge in [0.2, 0.25) is 5.91 Å². The van der Waals surface area contributed by atoms with Crippen LogP contribution in [0.2, 0.25) is 0 Å². The minimum atomic E-state index is -0.116. The molecule has 0 fully saturated rings. The molecule has 4 nitrogen and oxygen atoms in total. The van der Waals surface area contributed by atoms with Gasteiger partial charge in [0.25, 0.3) is 0 Å². The fourth-order valence-corrected chi connectivity index (χ4v) is 3.00. The molecular weight excluding hydrogens is 376 g/mol. The molecule has 23 heavy (non-hydrogen) atoms. The summed E-state index contributed by atoms with van der Waals surface area (Å²) >= 11 is 4.98. The van der Waals surface area contributed by atoms with Crippen LogP contribution in [-0.4, -0.2) is 25.0 Å². The molecule has 2 aromatic carbocycles. The first kappa shape index (κ1) is 17.6. The Bertz CT molecular complexity index is 675. The quantitative estimate of drug-likeness (QED) is 0.575. The van der Waals surface area contributed by atoms with E-state index in [4.69, 9.17) is 4.74 Å². The lowest BCUT2D eigenvalue weighted by Crippen LogP contribution is -2.19. The third-order valence-electron chi connectivity index (χ3n) is 2.91. The standard InChI is InChI=1S/C17H17BrN2O2S/c1-22-16-7-5-13(6-8-16)10-19-20-17(21)12-23-11-14-3-2-4-15(18)9-14/h2-10H,11-12H2,1H3,(H,20,21). The summed E-state index contributed by atoms with van der Waals surface area (Å²) in [6, 6.07) is 15.5. The van der Waals surface area contributed by atoms with E-state index in [9.17, 15) is 4.79 Å². The second kappa shape index (κ2) is 9.37. The zero-order valence-corrected chi connectivity index (χ0v) is 15.1. The third kappa shape index (κ3) is 6.46. The van der Waals surface area contributed by atoms with E-state index in [2.05, 4.69) is 26.5 Å². The summed E-state index contributed by atoms with van der Waals surface area (Å²) in [4.78, 5) is 11.7. The van der Waals surface area contributed by atoms with Gasteiger partial charge >= 0.3 is 0 Å². The number of carbonyl (C=O) groups is 1. The molecule has 0 unspecified atom stereocenters. The van der Waals surface area contributed by atoms with Crippen LogP contribution in [0.1, 0.15) is 11.1 Å². The molecule has 0 aliphatic rings. The highest BCUT2D eigenvalue weighted by Crippen LogP contribution is 2.16. The van der Waals surface area contributed by atoms with Crippen LogP contribution in [0, 0.1) is 0 Å². The number of carbonyl (C=O) groups excluding carboxylic acids is 1. The first-order chi connectivity index (χ1) is 11.2. The highest BCUT2D eigenvalue weighted by Gasteiger charge is 2.01. The number of rotatable bonds is 7. The summed E-state index contributed by atoms with van der Waals surface area (Å²) in [6.07, 6.45) is 1.61. The molecule has 0 aliphatic heterocycles. The molecule has 0 aliphatic carbocycles. The van der Waals surface area contributed by atoms with E-state index in [1.54, 1.807) is 25.1 Å². The van der Waals surface area contributed by atoms with Crippen molar-refractivity contribution in [1.29, 1.82) is 0 Å². The van der Waals surface area contributed by atoms with E-state index < -0.39 is 0 Å². The summed E-state index contributed by atoms with van der Waals surface area (Å²) in [5, 5.41) is 3.95. The molecule has 0 radical (unpaired) electrons. The number of nitrogens with one attached hydrogen (secondary N) is 1. The van der Waals surface area contributed by atoms with Crippen LogP contribution in [0.15, 0.2) is 58.1 Å². The van der Waals surface area contributed by atoms with Crippen molar-refractivity contribution in [2.45, 2.75) is 5.75 Å². The van der Waals surface area contributed by atoms with E-state index in [1.165, 1.54) is 5.56 Å². The molecule has 120 valence electrons. The van der Waals surface area contributed by atoms with Crippen LogP contribution in [0.25, 0.3) is 0 Å². The molecule has 0 spiro atoms.